The Balaban J connectivity index is 2.15. The quantitative estimate of drug-likeness (QED) is 0.206. The molecular weight excluding hydrogens is 394 g/mol. The van der Waals surface area contributed by atoms with Crippen molar-refractivity contribution >= 4 is 15.8 Å². The van der Waals surface area contributed by atoms with Crippen LogP contribution in [0, 0.1) is 10.1 Å². The van der Waals surface area contributed by atoms with Gasteiger partial charge in [0.1, 0.15) is 0 Å². The van der Waals surface area contributed by atoms with Crippen molar-refractivity contribution in [1.82, 2.24) is 9.78 Å². The third-order valence-corrected chi connectivity index (χ3v) is 5.77. The lowest BCUT2D eigenvalue weighted by atomic mass is 10.1. The van der Waals surface area contributed by atoms with Crippen LogP contribution < -0.4 is 4.18 Å². The number of non-ortho nitro benzene ring substituents is 1. The fraction of sp³-hybridized carbons (Fsp3) is 0.550. The summed E-state index contributed by atoms with van der Waals surface area (Å²) in [4.78, 5) is 10.4. The second kappa shape index (κ2) is 10.4. The SMILES string of the molecule is CCCCCCCCS(=O)(=O)Oc1cc(C(C)C)nn1-c1ccc([N+](=O)[O-])cc1. The van der Waals surface area contributed by atoms with E-state index in [-0.39, 0.29) is 23.2 Å². The van der Waals surface area contributed by atoms with Crippen LogP contribution in [0.4, 0.5) is 5.69 Å². The van der Waals surface area contributed by atoms with E-state index in [0.29, 0.717) is 17.8 Å². The van der Waals surface area contributed by atoms with Gasteiger partial charge in [0.25, 0.3) is 5.69 Å². The van der Waals surface area contributed by atoms with Crippen molar-refractivity contribution in [3.8, 4) is 11.6 Å². The highest BCUT2D eigenvalue weighted by Crippen LogP contribution is 2.26. The van der Waals surface area contributed by atoms with Crippen LogP contribution in [0.3, 0.4) is 0 Å². The molecule has 8 nitrogen and oxygen atoms in total. The number of hydrogen-bond donors (Lipinski definition) is 0. The molecule has 0 aliphatic carbocycles. The zero-order valence-corrected chi connectivity index (χ0v) is 18.0. The summed E-state index contributed by atoms with van der Waals surface area (Å²) < 4.78 is 31.6. The molecule has 1 aromatic heterocycles. The van der Waals surface area contributed by atoms with E-state index >= 15 is 0 Å². The molecule has 0 radical (unpaired) electrons. The topological polar surface area (TPSA) is 104 Å². The average molecular weight is 424 g/mol. The van der Waals surface area contributed by atoms with E-state index in [2.05, 4.69) is 12.0 Å². The lowest BCUT2D eigenvalue weighted by Gasteiger charge is -2.09. The smallest absolute Gasteiger partial charge is 0.310 e. The Hall–Kier alpha value is -2.42. The first-order valence-corrected chi connectivity index (χ1v) is 11.6. The minimum absolute atomic E-state index is 0.0526. The van der Waals surface area contributed by atoms with Gasteiger partial charge in [-0.05, 0) is 24.5 Å². The number of unbranched alkanes of at least 4 members (excludes halogenated alkanes) is 5. The highest BCUT2D eigenvalue weighted by molar-refractivity contribution is 7.87. The largest absolute Gasteiger partial charge is 0.361 e. The van der Waals surface area contributed by atoms with Crippen molar-refractivity contribution in [1.29, 1.82) is 0 Å². The van der Waals surface area contributed by atoms with Crippen molar-refractivity contribution in [3.63, 3.8) is 0 Å². The highest BCUT2D eigenvalue weighted by Gasteiger charge is 2.20. The first-order valence-electron chi connectivity index (χ1n) is 10.0. The predicted octanol–water partition coefficient (Wildman–Crippen LogP) is 4.97. The van der Waals surface area contributed by atoms with Gasteiger partial charge in [-0.1, -0.05) is 52.9 Å². The van der Waals surface area contributed by atoms with Crippen molar-refractivity contribution in [2.24, 2.45) is 0 Å². The highest BCUT2D eigenvalue weighted by atomic mass is 32.2. The van der Waals surface area contributed by atoms with Crippen LogP contribution in [0.2, 0.25) is 0 Å². The van der Waals surface area contributed by atoms with Gasteiger partial charge >= 0.3 is 10.1 Å². The lowest BCUT2D eigenvalue weighted by Crippen LogP contribution is -2.16. The maximum absolute atomic E-state index is 12.4. The Labute approximate surface area is 172 Å². The zero-order valence-electron chi connectivity index (χ0n) is 17.2. The monoisotopic (exact) mass is 423 g/mol. The molecule has 0 fully saturated rings. The summed E-state index contributed by atoms with van der Waals surface area (Å²) in [7, 11) is -3.76. The zero-order chi connectivity index (χ0) is 21.4. The van der Waals surface area contributed by atoms with Crippen LogP contribution in [0.1, 0.15) is 70.9 Å². The van der Waals surface area contributed by atoms with Gasteiger partial charge in [-0.25, -0.2) is 0 Å². The molecule has 29 heavy (non-hydrogen) atoms. The van der Waals surface area contributed by atoms with Gasteiger partial charge in [0.05, 0.1) is 22.1 Å². The number of benzene rings is 1. The van der Waals surface area contributed by atoms with E-state index in [1.807, 2.05) is 13.8 Å². The minimum atomic E-state index is -3.76. The molecule has 160 valence electrons. The fourth-order valence-electron chi connectivity index (χ4n) is 2.85. The van der Waals surface area contributed by atoms with Crippen molar-refractivity contribution < 1.29 is 17.5 Å². The molecule has 0 N–H and O–H groups in total. The first-order chi connectivity index (χ1) is 13.7. The van der Waals surface area contributed by atoms with Crippen molar-refractivity contribution in [2.75, 3.05) is 5.75 Å². The molecule has 2 rings (SSSR count). The van der Waals surface area contributed by atoms with E-state index in [1.165, 1.54) is 28.9 Å². The van der Waals surface area contributed by atoms with Crippen molar-refractivity contribution in [3.05, 3.63) is 46.1 Å². The number of hydrogen-bond acceptors (Lipinski definition) is 6. The van der Waals surface area contributed by atoms with Crippen LogP contribution in [0.25, 0.3) is 5.69 Å². The molecule has 2 aromatic rings. The van der Waals surface area contributed by atoms with Gasteiger partial charge in [0.15, 0.2) is 0 Å². The standard InChI is InChI=1S/C20H29N3O5S/c1-4-5-6-7-8-9-14-29(26,27)28-20-15-19(16(2)3)21-22(20)17-10-12-18(13-11-17)23(24)25/h10-13,15-16H,4-9,14H2,1-3H3. The normalized spacial score (nSPS) is 11.7. The predicted molar refractivity (Wildman–Crippen MR) is 112 cm³/mol. The minimum Gasteiger partial charge on any atom is -0.361 e. The van der Waals surface area contributed by atoms with Crippen LogP contribution in [-0.2, 0) is 10.1 Å². The molecule has 0 bridgehead atoms. The van der Waals surface area contributed by atoms with Gasteiger partial charge in [0.2, 0.25) is 5.88 Å². The second-order valence-electron chi connectivity index (χ2n) is 7.36. The van der Waals surface area contributed by atoms with E-state index in [4.69, 9.17) is 4.18 Å². The Bertz CT molecular complexity index is 905. The Morgan fingerprint density at radius 1 is 1.10 bits per heavy atom. The Morgan fingerprint density at radius 3 is 2.31 bits per heavy atom. The Morgan fingerprint density at radius 2 is 1.72 bits per heavy atom. The maximum atomic E-state index is 12.4. The molecule has 0 unspecified atom stereocenters. The Kier molecular flexibility index (Phi) is 8.19. The van der Waals surface area contributed by atoms with E-state index in [0.717, 1.165) is 32.1 Å². The van der Waals surface area contributed by atoms with Gasteiger partial charge in [-0.2, -0.15) is 18.2 Å². The summed E-state index contributed by atoms with van der Waals surface area (Å²) in [6, 6.07) is 7.33. The number of aromatic nitrogens is 2. The van der Waals surface area contributed by atoms with Gasteiger partial charge < -0.3 is 4.18 Å². The van der Waals surface area contributed by atoms with E-state index in [1.54, 1.807) is 6.07 Å². The number of rotatable bonds is 12. The summed E-state index contributed by atoms with van der Waals surface area (Å²) in [5.41, 5.74) is 1.11. The number of nitro benzene ring substituents is 1. The average Bonchev–Trinajstić information content (AvgIpc) is 3.08. The second-order valence-corrected chi connectivity index (χ2v) is 9.05. The molecule has 0 aliphatic rings. The summed E-state index contributed by atoms with van der Waals surface area (Å²) in [6.07, 6.45) is 5.84. The van der Waals surface area contributed by atoms with Gasteiger partial charge in [-0.15, -0.1) is 0 Å². The van der Waals surface area contributed by atoms with Crippen molar-refractivity contribution in [2.45, 2.75) is 65.2 Å². The fourth-order valence-corrected chi connectivity index (χ4v) is 3.87. The molecule has 0 saturated carbocycles. The third-order valence-electron chi connectivity index (χ3n) is 4.55. The molecule has 0 atom stereocenters. The lowest BCUT2D eigenvalue weighted by molar-refractivity contribution is -0.384. The van der Waals surface area contributed by atoms with Gasteiger partial charge in [-0.3, -0.25) is 10.1 Å². The summed E-state index contributed by atoms with van der Waals surface area (Å²) in [5, 5.41) is 15.3. The maximum Gasteiger partial charge on any atom is 0.310 e. The molecule has 9 heteroatoms. The van der Waals surface area contributed by atoms with Gasteiger partial charge in [0, 0.05) is 18.2 Å². The van der Waals surface area contributed by atoms with E-state index < -0.39 is 15.0 Å². The molecule has 0 aliphatic heterocycles. The number of nitrogens with zero attached hydrogens (tertiary/aromatic N) is 3. The van der Waals surface area contributed by atoms with Crippen LogP contribution in [0.15, 0.2) is 30.3 Å². The summed E-state index contributed by atoms with van der Waals surface area (Å²) in [6.45, 7) is 6.02. The van der Waals surface area contributed by atoms with E-state index in [9.17, 15) is 18.5 Å². The summed E-state index contributed by atoms with van der Waals surface area (Å²) in [5.74, 6) is 0.105. The van der Waals surface area contributed by atoms with Crippen LogP contribution in [0.5, 0.6) is 5.88 Å². The molecule has 1 aromatic carbocycles. The molecule has 0 amide bonds. The molecule has 0 spiro atoms. The molecule has 1 heterocycles. The van der Waals surface area contributed by atoms with Crippen LogP contribution >= 0.6 is 0 Å². The molecular formula is C20H29N3O5S. The first kappa shape index (κ1) is 22.9. The third kappa shape index (κ3) is 6.85. The van der Waals surface area contributed by atoms with Crippen LogP contribution in [-0.4, -0.2) is 28.9 Å². The molecule has 0 saturated heterocycles. The summed E-state index contributed by atoms with van der Waals surface area (Å²) >= 11 is 0. The number of nitro groups is 1.